The van der Waals surface area contributed by atoms with Crippen molar-refractivity contribution in [2.24, 2.45) is 5.73 Å². The van der Waals surface area contributed by atoms with Gasteiger partial charge < -0.3 is 20.7 Å². The number of ether oxygens (including phenoxy) is 1. The summed E-state index contributed by atoms with van der Waals surface area (Å²) in [5, 5.41) is 3.00. The largest absolute Gasteiger partial charge is 0.380 e. The van der Waals surface area contributed by atoms with E-state index in [0.29, 0.717) is 12.6 Å². The molecule has 1 fully saturated rings. The summed E-state index contributed by atoms with van der Waals surface area (Å²) in [7, 11) is 3.69. The standard InChI is InChI=1S/C17H27N3O2/c1-20(13-7-3-4-8-13)16-10-6-5-9-15(16)19-17(21)11-14(12-18)22-2/h5-6,9-10,13-14H,3-4,7-8,11-12,18H2,1-2H3,(H,19,21). The third kappa shape index (κ3) is 4.21. The minimum absolute atomic E-state index is 0.0652. The zero-order chi connectivity index (χ0) is 15.9. The first-order valence-electron chi connectivity index (χ1n) is 8.00. The first kappa shape index (κ1) is 16.8. The van der Waals surface area contributed by atoms with E-state index in [0.717, 1.165) is 11.4 Å². The van der Waals surface area contributed by atoms with Crippen LogP contribution in [-0.4, -0.2) is 38.8 Å². The normalized spacial score (nSPS) is 16.5. The third-order valence-corrected chi connectivity index (χ3v) is 4.44. The molecule has 0 heterocycles. The smallest absolute Gasteiger partial charge is 0.227 e. The van der Waals surface area contributed by atoms with Crippen molar-refractivity contribution in [1.29, 1.82) is 0 Å². The predicted molar refractivity (Wildman–Crippen MR) is 90.2 cm³/mol. The molecule has 1 aromatic carbocycles. The second-order valence-corrected chi connectivity index (χ2v) is 5.91. The van der Waals surface area contributed by atoms with E-state index < -0.39 is 0 Å². The fourth-order valence-electron chi connectivity index (χ4n) is 3.05. The molecule has 1 aliphatic rings. The van der Waals surface area contributed by atoms with Crippen LogP contribution in [0.1, 0.15) is 32.1 Å². The van der Waals surface area contributed by atoms with Crippen LogP contribution >= 0.6 is 0 Å². The number of hydrogen-bond acceptors (Lipinski definition) is 4. The summed E-state index contributed by atoms with van der Waals surface area (Å²) in [5.74, 6) is -0.0652. The summed E-state index contributed by atoms with van der Waals surface area (Å²) in [6.07, 6.45) is 5.05. The minimum atomic E-state index is -0.236. The van der Waals surface area contributed by atoms with Crippen LogP contribution in [0.5, 0.6) is 0 Å². The molecule has 2 rings (SSSR count). The number of para-hydroxylation sites is 2. The number of methoxy groups -OCH3 is 1. The van der Waals surface area contributed by atoms with Gasteiger partial charge in [0.15, 0.2) is 0 Å². The van der Waals surface area contributed by atoms with E-state index in [1.165, 1.54) is 25.7 Å². The molecule has 0 aromatic heterocycles. The maximum absolute atomic E-state index is 12.2. The maximum Gasteiger partial charge on any atom is 0.227 e. The number of benzene rings is 1. The van der Waals surface area contributed by atoms with Gasteiger partial charge in [-0.15, -0.1) is 0 Å². The zero-order valence-electron chi connectivity index (χ0n) is 13.5. The third-order valence-electron chi connectivity index (χ3n) is 4.44. The number of nitrogens with two attached hydrogens (primary N) is 1. The molecule has 1 saturated carbocycles. The molecule has 5 heteroatoms. The van der Waals surface area contributed by atoms with E-state index in [1.54, 1.807) is 7.11 Å². The number of carbonyl (C=O) groups excluding carboxylic acids is 1. The molecule has 1 unspecified atom stereocenters. The van der Waals surface area contributed by atoms with E-state index in [9.17, 15) is 4.79 Å². The quantitative estimate of drug-likeness (QED) is 0.811. The number of carbonyl (C=O) groups is 1. The minimum Gasteiger partial charge on any atom is -0.380 e. The van der Waals surface area contributed by atoms with Gasteiger partial charge in [-0.05, 0) is 25.0 Å². The molecule has 1 aromatic rings. The van der Waals surface area contributed by atoms with Gasteiger partial charge in [0.05, 0.1) is 23.9 Å². The Labute approximate surface area is 132 Å². The average Bonchev–Trinajstić information content (AvgIpc) is 3.07. The molecule has 0 aliphatic heterocycles. The molecule has 3 N–H and O–H groups in total. The van der Waals surface area contributed by atoms with Crippen LogP contribution in [0.4, 0.5) is 11.4 Å². The Balaban J connectivity index is 2.06. The van der Waals surface area contributed by atoms with Crippen molar-refractivity contribution in [3.63, 3.8) is 0 Å². The molecular formula is C17H27N3O2. The van der Waals surface area contributed by atoms with Gasteiger partial charge in [0.25, 0.3) is 0 Å². The Morgan fingerprint density at radius 2 is 2.09 bits per heavy atom. The van der Waals surface area contributed by atoms with Gasteiger partial charge >= 0.3 is 0 Å². The Bertz CT molecular complexity index is 483. The molecule has 0 spiro atoms. The van der Waals surface area contributed by atoms with Crippen molar-refractivity contribution in [3.05, 3.63) is 24.3 Å². The monoisotopic (exact) mass is 305 g/mol. The van der Waals surface area contributed by atoms with Gasteiger partial charge in [-0.3, -0.25) is 4.79 Å². The van der Waals surface area contributed by atoms with Crippen LogP contribution in [0.2, 0.25) is 0 Å². The fraction of sp³-hybridized carbons (Fsp3) is 0.588. The van der Waals surface area contributed by atoms with E-state index in [2.05, 4.69) is 23.3 Å². The lowest BCUT2D eigenvalue weighted by Crippen LogP contribution is -2.31. The van der Waals surface area contributed by atoms with Crippen LogP contribution in [0.3, 0.4) is 0 Å². The first-order valence-corrected chi connectivity index (χ1v) is 8.00. The van der Waals surface area contributed by atoms with Gasteiger partial charge in [0, 0.05) is 26.7 Å². The van der Waals surface area contributed by atoms with Crippen LogP contribution in [0.15, 0.2) is 24.3 Å². The highest BCUT2D eigenvalue weighted by molar-refractivity contribution is 5.94. The van der Waals surface area contributed by atoms with Crippen molar-refractivity contribution < 1.29 is 9.53 Å². The van der Waals surface area contributed by atoms with Crippen LogP contribution < -0.4 is 16.0 Å². The van der Waals surface area contributed by atoms with Gasteiger partial charge in [0.1, 0.15) is 0 Å². The number of rotatable bonds is 7. The van der Waals surface area contributed by atoms with E-state index in [1.807, 2.05) is 18.2 Å². The number of nitrogens with zero attached hydrogens (tertiary/aromatic N) is 1. The van der Waals surface area contributed by atoms with E-state index in [4.69, 9.17) is 10.5 Å². The van der Waals surface area contributed by atoms with Crippen molar-refractivity contribution in [2.45, 2.75) is 44.2 Å². The molecule has 0 saturated heterocycles. The Morgan fingerprint density at radius 1 is 1.41 bits per heavy atom. The van der Waals surface area contributed by atoms with Gasteiger partial charge in [-0.1, -0.05) is 25.0 Å². The summed E-state index contributed by atoms with van der Waals surface area (Å²) in [4.78, 5) is 14.5. The first-order chi connectivity index (χ1) is 10.7. The summed E-state index contributed by atoms with van der Waals surface area (Å²) < 4.78 is 5.17. The Hall–Kier alpha value is -1.59. The van der Waals surface area contributed by atoms with Crippen molar-refractivity contribution in [3.8, 4) is 0 Å². The average molecular weight is 305 g/mol. The van der Waals surface area contributed by atoms with Gasteiger partial charge in [0.2, 0.25) is 5.91 Å². The van der Waals surface area contributed by atoms with Crippen LogP contribution in [0, 0.1) is 0 Å². The van der Waals surface area contributed by atoms with Gasteiger partial charge in [-0.25, -0.2) is 0 Å². The molecule has 1 amide bonds. The second kappa shape index (κ2) is 8.15. The zero-order valence-corrected chi connectivity index (χ0v) is 13.5. The van der Waals surface area contributed by atoms with E-state index >= 15 is 0 Å². The molecule has 0 bridgehead atoms. The topological polar surface area (TPSA) is 67.6 Å². The highest BCUT2D eigenvalue weighted by Crippen LogP contribution is 2.31. The molecular weight excluding hydrogens is 278 g/mol. The Kier molecular flexibility index (Phi) is 6.21. The summed E-state index contributed by atoms with van der Waals surface area (Å²) in [5.41, 5.74) is 7.50. The lowest BCUT2D eigenvalue weighted by molar-refractivity contribution is -0.118. The van der Waals surface area contributed by atoms with E-state index in [-0.39, 0.29) is 18.4 Å². The number of anilines is 2. The Morgan fingerprint density at radius 3 is 2.73 bits per heavy atom. The molecule has 22 heavy (non-hydrogen) atoms. The van der Waals surface area contributed by atoms with Crippen molar-refractivity contribution in [1.82, 2.24) is 0 Å². The number of amides is 1. The lowest BCUT2D eigenvalue weighted by Gasteiger charge is -2.28. The lowest BCUT2D eigenvalue weighted by atomic mass is 10.1. The highest BCUT2D eigenvalue weighted by atomic mass is 16.5. The molecule has 1 atom stereocenters. The van der Waals surface area contributed by atoms with Crippen LogP contribution in [-0.2, 0) is 9.53 Å². The van der Waals surface area contributed by atoms with Crippen LogP contribution in [0.25, 0.3) is 0 Å². The predicted octanol–water partition coefficient (Wildman–Crippen LogP) is 2.37. The molecule has 0 radical (unpaired) electrons. The number of nitrogens with one attached hydrogen (secondary N) is 1. The van der Waals surface area contributed by atoms with Crippen molar-refractivity contribution >= 4 is 17.3 Å². The second-order valence-electron chi connectivity index (χ2n) is 5.91. The fourth-order valence-corrected chi connectivity index (χ4v) is 3.05. The summed E-state index contributed by atoms with van der Waals surface area (Å²) in [6.45, 7) is 0.341. The maximum atomic E-state index is 12.2. The highest BCUT2D eigenvalue weighted by Gasteiger charge is 2.22. The number of hydrogen-bond donors (Lipinski definition) is 2. The van der Waals surface area contributed by atoms with Gasteiger partial charge in [-0.2, -0.15) is 0 Å². The summed E-state index contributed by atoms with van der Waals surface area (Å²) in [6, 6.07) is 8.52. The molecule has 5 nitrogen and oxygen atoms in total. The molecule has 122 valence electrons. The summed E-state index contributed by atoms with van der Waals surface area (Å²) >= 11 is 0. The SMILES string of the molecule is COC(CN)CC(=O)Nc1ccccc1N(C)C1CCCC1. The van der Waals surface area contributed by atoms with Crippen molar-refractivity contribution in [2.75, 3.05) is 30.9 Å². The molecule has 1 aliphatic carbocycles.